The van der Waals surface area contributed by atoms with Crippen molar-refractivity contribution in [3.63, 3.8) is 0 Å². The summed E-state index contributed by atoms with van der Waals surface area (Å²) in [5, 5.41) is 12.3. The molecule has 1 amide bonds. The van der Waals surface area contributed by atoms with E-state index in [9.17, 15) is 18.8 Å². The van der Waals surface area contributed by atoms with Crippen LogP contribution in [0.2, 0.25) is 5.02 Å². The third kappa shape index (κ3) is 3.71. The van der Waals surface area contributed by atoms with Crippen LogP contribution in [0.25, 0.3) is 0 Å². The van der Waals surface area contributed by atoms with E-state index >= 15 is 0 Å². The number of carbonyl (C=O) groups excluding carboxylic acids is 1. The van der Waals surface area contributed by atoms with E-state index in [1.807, 2.05) is 12.1 Å². The van der Waals surface area contributed by atoms with Crippen LogP contribution in [-0.4, -0.2) is 15.5 Å². The molecule has 0 spiro atoms. The first-order valence-corrected chi connectivity index (χ1v) is 7.82. The number of imidazole rings is 1. The number of nitrogens with one attached hydrogen (secondary N) is 1. The molecule has 0 saturated carbocycles. The molecule has 0 aliphatic heterocycles. The Bertz CT molecular complexity index is 1030. The predicted molar refractivity (Wildman–Crippen MR) is 91.8 cm³/mol. The molecule has 5 nitrogen and oxygen atoms in total. The number of nitriles is 1. The molecule has 130 valence electrons. The molecular formula is C18H11ClF2N4O. The van der Waals surface area contributed by atoms with Crippen molar-refractivity contribution in [3.8, 4) is 6.07 Å². The van der Waals surface area contributed by atoms with Crippen LogP contribution in [0.15, 0.2) is 48.8 Å². The van der Waals surface area contributed by atoms with Gasteiger partial charge in [0.15, 0.2) is 11.5 Å². The molecule has 0 bridgehead atoms. The zero-order valence-electron chi connectivity index (χ0n) is 13.2. The quantitative estimate of drug-likeness (QED) is 0.752. The number of rotatable bonds is 4. The molecule has 8 heteroatoms. The largest absolute Gasteiger partial charge is 0.316 e. The first-order chi connectivity index (χ1) is 12.5. The molecule has 0 atom stereocenters. The first-order valence-electron chi connectivity index (χ1n) is 7.44. The van der Waals surface area contributed by atoms with Crippen LogP contribution in [0, 0.1) is 23.0 Å². The maximum absolute atomic E-state index is 13.7. The van der Waals surface area contributed by atoms with E-state index < -0.39 is 23.1 Å². The summed E-state index contributed by atoms with van der Waals surface area (Å²) in [6, 6.07) is 11.6. The lowest BCUT2D eigenvalue weighted by molar-refractivity contribution is 0.102. The number of benzene rings is 2. The van der Waals surface area contributed by atoms with E-state index in [0.717, 1.165) is 23.8 Å². The first kappa shape index (κ1) is 17.6. The lowest BCUT2D eigenvalue weighted by Crippen LogP contribution is -2.15. The molecule has 26 heavy (non-hydrogen) atoms. The van der Waals surface area contributed by atoms with Gasteiger partial charge in [-0.25, -0.2) is 13.8 Å². The number of halogens is 3. The highest BCUT2D eigenvalue weighted by Crippen LogP contribution is 2.18. The topological polar surface area (TPSA) is 70.7 Å². The Hall–Kier alpha value is -3.24. The Kier molecular flexibility index (Phi) is 4.96. The van der Waals surface area contributed by atoms with E-state index in [4.69, 9.17) is 11.6 Å². The average Bonchev–Trinajstić information content (AvgIpc) is 2.98. The van der Waals surface area contributed by atoms with Crippen molar-refractivity contribution in [1.29, 1.82) is 5.26 Å². The van der Waals surface area contributed by atoms with Crippen molar-refractivity contribution in [2.45, 2.75) is 6.54 Å². The summed E-state index contributed by atoms with van der Waals surface area (Å²) in [5.41, 5.74) is 0.439. The number of anilines is 1. The molecule has 1 aromatic heterocycles. The van der Waals surface area contributed by atoms with Crippen molar-refractivity contribution in [1.82, 2.24) is 9.55 Å². The zero-order valence-corrected chi connectivity index (χ0v) is 14.0. The van der Waals surface area contributed by atoms with E-state index in [2.05, 4.69) is 10.3 Å². The zero-order chi connectivity index (χ0) is 18.7. The van der Waals surface area contributed by atoms with Gasteiger partial charge in [-0.2, -0.15) is 5.26 Å². The maximum atomic E-state index is 13.7. The minimum atomic E-state index is -0.897. The maximum Gasteiger partial charge on any atom is 0.259 e. The summed E-state index contributed by atoms with van der Waals surface area (Å²) < 4.78 is 28.5. The Morgan fingerprint density at radius 1 is 1.27 bits per heavy atom. The van der Waals surface area contributed by atoms with Gasteiger partial charge in [0.25, 0.3) is 5.91 Å². The van der Waals surface area contributed by atoms with Gasteiger partial charge in [0.1, 0.15) is 17.7 Å². The molecule has 0 radical (unpaired) electrons. The molecule has 1 N–H and O–H groups in total. The highest BCUT2D eigenvalue weighted by Gasteiger charge is 2.18. The summed E-state index contributed by atoms with van der Waals surface area (Å²) in [6.07, 6.45) is 1.37. The third-order valence-corrected chi connectivity index (χ3v) is 3.83. The van der Waals surface area contributed by atoms with Gasteiger partial charge in [0, 0.05) is 11.6 Å². The van der Waals surface area contributed by atoms with Crippen molar-refractivity contribution in [3.05, 3.63) is 82.3 Å². The minimum absolute atomic E-state index is 0.0387. The highest BCUT2D eigenvalue weighted by atomic mass is 35.5. The smallest absolute Gasteiger partial charge is 0.259 e. The summed E-state index contributed by atoms with van der Waals surface area (Å²) in [4.78, 5) is 16.2. The van der Waals surface area contributed by atoms with Crippen LogP contribution in [0.5, 0.6) is 0 Å². The summed E-state index contributed by atoms with van der Waals surface area (Å²) in [5.74, 6) is -2.56. The summed E-state index contributed by atoms with van der Waals surface area (Å²) in [6.45, 7) is 0.306. The molecule has 3 aromatic rings. The van der Waals surface area contributed by atoms with Gasteiger partial charge < -0.3 is 9.88 Å². The lowest BCUT2D eigenvalue weighted by atomic mass is 10.2. The second-order valence-electron chi connectivity index (χ2n) is 5.39. The van der Waals surface area contributed by atoms with E-state index in [0.29, 0.717) is 11.6 Å². The SMILES string of the molecule is N#Cc1c(NC(=O)c2cc(F)ccc2F)ncn1Cc1cccc(Cl)c1. The number of hydrogen-bond acceptors (Lipinski definition) is 3. The lowest BCUT2D eigenvalue weighted by Gasteiger charge is -2.07. The third-order valence-electron chi connectivity index (χ3n) is 3.59. The fraction of sp³-hybridized carbons (Fsp3) is 0.0556. The van der Waals surface area contributed by atoms with Crippen molar-refractivity contribution in [2.24, 2.45) is 0 Å². The fourth-order valence-corrected chi connectivity index (χ4v) is 2.60. The Labute approximate surface area is 152 Å². The van der Waals surface area contributed by atoms with Gasteiger partial charge in [-0.1, -0.05) is 23.7 Å². The van der Waals surface area contributed by atoms with E-state index in [1.165, 1.54) is 10.9 Å². The van der Waals surface area contributed by atoms with Crippen LogP contribution in [0.4, 0.5) is 14.6 Å². The van der Waals surface area contributed by atoms with Gasteiger partial charge in [0.05, 0.1) is 11.9 Å². The van der Waals surface area contributed by atoms with E-state index in [-0.39, 0.29) is 11.5 Å². The van der Waals surface area contributed by atoms with Crippen LogP contribution in [-0.2, 0) is 6.54 Å². The Balaban J connectivity index is 1.85. The monoisotopic (exact) mass is 372 g/mol. The molecule has 0 unspecified atom stereocenters. The van der Waals surface area contributed by atoms with Crippen LogP contribution >= 0.6 is 11.6 Å². The number of amides is 1. The van der Waals surface area contributed by atoms with Gasteiger partial charge in [-0.3, -0.25) is 4.79 Å². The van der Waals surface area contributed by atoms with Crippen molar-refractivity contribution >= 4 is 23.3 Å². The Morgan fingerprint density at radius 2 is 2.08 bits per heavy atom. The number of aromatic nitrogens is 2. The van der Waals surface area contributed by atoms with Gasteiger partial charge in [0.2, 0.25) is 0 Å². The summed E-state index contributed by atoms with van der Waals surface area (Å²) >= 11 is 5.94. The molecule has 0 saturated heterocycles. The Morgan fingerprint density at radius 3 is 2.81 bits per heavy atom. The molecular weight excluding hydrogens is 362 g/mol. The van der Waals surface area contributed by atoms with Gasteiger partial charge >= 0.3 is 0 Å². The van der Waals surface area contributed by atoms with Crippen LogP contribution in [0.1, 0.15) is 21.6 Å². The van der Waals surface area contributed by atoms with E-state index in [1.54, 1.807) is 18.2 Å². The van der Waals surface area contributed by atoms with Gasteiger partial charge in [-0.05, 0) is 35.9 Å². The summed E-state index contributed by atoms with van der Waals surface area (Å²) in [7, 11) is 0. The predicted octanol–water partition coefficient (Wildman–Crippen LogP) is 3.99. The minimum Gasteiger partial charge on any atom is -0.316 e. The molecule has 3 rings (SSSR count). The molecule has 1 heterocycles. The van der Waals surface area contributed by atoms with Gasteiger partial charge in [-0.15, -0.1) is 0 Å². The molecule has 0 aliphatic rings. The molecule has 2 aromatic carbocycles. The normalized spacial score (nSPS) is 10.4. The fourth-order valence-electron chi connectivity index (χ4n) is 2.39. The second-order valence-corrected chi connectivity index (χ2v) is 5.83. The molecule has 0 fully saturated rings. The number of carbonyl (C=O) groups is 1. The van der Waals surface area contributed by atoms with Crippen molar-refractivity contribution in [2.75, 3.05) is 5.32 Å². The van der Waals surface area contributed by atoms with Crippen LogP contribution < -0.4 is 5.32 Å². The van der Waals surface area contributed by atoms with Crippen molar-refractivity contribution < 1.29 is 13.6 Å². The standard InChI is InChI=1S/C18H11ClF2N4O/c19-12-3-1-2-11(6-12)9-25-10-23-17(16(25)8-22)24-18(26)14-7-13(20)4-5-15(14)21/h1-7,10H,9H2,(H,24,26). The highest BCUT2D eigenvalue weighted by molar-refractivity contribution is 6.30. The second kappa shape index (κ2) is 7.33. The number of nitrogens with zero attached hydrogens (tertiary/aromatic N) is 3. The number of hydrogen-bond donors (Lipinski definition) is 1. The average molecular weight is 373 g/mol. The van der Waals surface area contributed by atoms with Crippen LogP contribution in [0.3, 0.4) is 0 Å². The molecule has 0 aliphatic carbocycles.